The Morgan fingerprint density at radius 1 is 1.29 bits per heavy atom. The molecule has 1 aliphatic rings. The lowest BCUT2D eigenvalue weighted by atomic mass is 9.99. The Kier molecular flexibility index (Phi) is 7.39. The molecule has 2 aromatic heterocycles. The van der Waals surface area contributed by atoms with E-state index in [1.807, 2.05) is 10.6 Å². The standard InChI is InChI=1S/C24H26F4N8OS/c1-23(2)22(37)34(8-9-36(23)38-3)19-10-14(4-5-16(19)25)17-11-15(20(33-17)21(30)31-13-29)18-6-7-32-35(18)12-24(26,27)28/h4-7,10-11,13,33H,8-9,12H2,1-3H3,(H3,29,30,31). The van der Waals surface area contributed by atoms with Crippen molar-refractivity contribution < 1.29 is 22.4 Å². The van der Waals surface area contributed by atoms with Crippen LogP contribution in [0, 0.1) is 11.2 Å². The molecule has 1 amide bonds. The van der Waals surface area contributed by atoms with Gasteiger partial charge in [0.05, 0.1) is 17.1 Å². The van der Waals surface area contributed by atoms with Gasteiger partial charge in [-0.1, -0.05) is 11.9 Å². The molecule has 202 valence electrons. The Hall–Kier alpha value is -3.65. The molecule has 4 rings (SSSR count). The van der Waals surface area contributed by atoms with E-state index < -0.39 is 24.1 Å². The van der Waals surface area contributed by atoms with Gasteiger partial charge in [0.15, 0.2) is 0 Å². The van der Waals surface area contributed by atoms with Crippen LogP contribution in [0.4, 0.5) is 23.2 Å². The lowest BCUT2D eigenvalue weighted by molar-refractivity contribution is -0.142. The minimum atomic E-state index is -4.51. The van der Waals surface area contributed by atoms with Crippen LogP contribution in [0.25, 0.3) is 22.5 Å². The molecular weight excluding hydrogens is 524 g/mol. The number of H-pyrrole nitrogens is 1. The summed E-state index contributed by atoms with van der Waals surface area (Å²) < 4.78 is 57.2. The summed E-state index contributed by atoms with van der Waals surface area (Å²) in [6, 6.07) is 7.19. The van der Waals surface area contributed by atoms with Crippen molar-refractivity contribution >= 4 is 35.7 Å². The van der Waals surface area contributed by atoms with Crippen molar-refractivity contribution in [2.24, 2.45) is 10.7 Å². The highest BCUT2D eigenvalue weighted by Crippen LogP contribution is 2.36. The van der Waals surface area contributed by atoms with Crippen LogP contribution in [0.2, 0.25) is 0 Å². The monoisotopic (exact) mass is 550 g/mol. The first-order valence-electron chi connectivity index (χ1n) is 11.5. The van der Waals surface area contributed by atoms with Gasteiger partial charge in [0.1, 0.15) is 30.1 Å². The molecule has 4 N–H and O–H groups in total. The number of alkyl halides is 3. The Bertz CT molecular complexity index is 1390. The maximum Gasteiger partial charge on any atom is 0.408 e. The fourth-order valence-corrected chi connectivity index (χ4v) is 5.25. The number of amides is 1. The number of nitrogens with zero attached hydrogens (tertiary/aromatic N) is 5. The quantitative estimate of drug-likeness (QED) is 0.176. The molecule has 0 radical (unpaired) electrons. The number of carbonyl (C=O) groups excluding carboxylic acids is 1. The first-order chi connectivity index (χ1) is 17.9. The number of aliphatic imine (C=N–C) groups is 1. The van der Waals surface area contributed by atoms with E-state index in [9.17, 15) is 18.0 Å². The number of anilines is 1. The van der Waals surface area contributed by atoms with Crippen LogP contribution in [-0.4, -0.2) is 68.2 Å². The Morgan fingerprint density at radius 2 is 2.03 bits per heavy atom. The second kappa shape index (κ2) is 10.3. The molecule has 0 spiro atoms. The molecular formula is C24H26F4N8OS. The largest absolute Gasteiger partial charge is 0.408 e. The van der Waals surface area contributed by atoms with E-state index in [-0.39, 0.29) is 40.9 Å². The first-order valence-corrected chi connectivity index (χ1v) is 12.6. The predicted molar refractivity (Wildman–Crippen MR) is 140 cm³/mol. The number of hydrogen-bond acceptors (Lipinski definition) is 5. The number of amidine groups is 1. The van der Waals surface area contributed by atoms with E-state index in [1.165, 1.54) is 47.3 Å². The summed E-state index contributed by atoms with van der Waals surface area (Å²) in [6.45, 7) is 3.04. The second-order valence-corrected chi connectivity index (χ2v) is 9.88. The number of carbonyl (C=O) groups is 1. The highest BCUT2D eigenvalue weighted by atomic mass is 32.2. The molecule has 0 saturated carbocycles. The Labute approximate surface area is 220 Å². The van der Waals surface area contributed by atoms with Crippen molar-refractivity contribution in [2.75, 3.05) is 24.2 Å². The number of hydrogen-bond donors (Lipinski definition) is 3. The van der Waals surface area contributed by atoms with E-state index in [4.69, 9.17) is 11.1 Å². The van der Waals surface area contributed by atoms with Crippen LogP contribution in [0.5, 0.6) is 0 Å². The molecule has 0 bridgehead atoms. The molecule has 3 aromatic rings. The number of aromatic nitrogens is 3. The smallest absolute Gasteiger partial charge is 0.382 e. The fraction of sp³-hybridized carbons (Fsp3) is 0.333. The Morgan fingerprint density at radius 3 is 2.68 bits per heavy atom. The van der Waals surface area contributed by atoms with E-state index in [0.29, 0.717) is 24.1 Å². The van der Waals surface area contributed by atoms with E-state index >= 15 is 4.39 Å². The highest BCUT2D eigenvalue weighted by molar-refractivity contribution is 7.96. The van der Waals surface area contributed by atoms with Crippen molar-refractivity contribution in [2.45, 2.75) is 32.1 Å². The number of nitrogens with two attached hydrogens (primary N) is 1. The molecule has 14 heteroatoms. The summed E-state index contributed by atoms with van der Waals surface area (Å²) in [7, 11) is 0. The van der Waals surface area contributed by atoms with Crippen molar-refractivity contribution in [3.63, 3.8) is 0 Å². The van der Waals surface area contributed by atoms with E-state index in [0.717, 1.165) is 4.68 Å². The topological polar surface area (TPSA) is 119 Å². The van der Waals surface area contributed by atoms with Gasteiger partial charge < -0.3 is 15.6 Å². The van der Waals surface area contributed by atoms with Crippen LogP contribution in [0.3, 0.4) is 0 Å². The third kappa shape index (κ3) is 5.18. The lowest BCUT2D eigenvalue weighted by Crippen LogP contribution is -2.61. The molecule has 1 fully saturated rings. The lowest BCUT2D eigenvalue weighted by Gasteiger charge is -2.44. The van der Waals surface area contributed by atoms with Crippen molar-refractivity contribution in [3.8, 4) is 22.5 Å². The van der Waals surface area contributed by atoms with Gasteiger partial charge >= 0.3 is 6.18 Å². The zero-order valence-electron chi connectivity index (χ0n) is 20.8. The van der Waals surface area contributed by atoms with Gasteiger partial charge in [0, 0.05) is 36.1 Å². The summed E-state index contributed by atoms with van der Waals surface area (Å²) in [5, 5.41) is 11.0. The van der Waals surface area contributed by atoms with Crippen LogP contribution in [0.1, 0.15) is 19.5 Å². The molecule has 38 heavy (non-hydrogen) atoms. The maximum absolute atomic E-state index is 15.0. The van der Waals surface area contributed by atoms with Gasteiger partial charge in [-0.15, -0.1) is 0 Å². The number of aromatic amines is 1. The van der Waals surface area contributed by atoms with E-state index in [1.54, 1.807) is 19.9 Å². The summed E-state index contributed by atoms with van der Waals surface area (Å²) >= 11 is 1.44. The summed E-state index contributed by atoms with van der Waals surface area (Å²) in [6.07, 6.45) is -0.690. The van der Waals surface area contributed by atoms with Gasteiger partial charge in [-0.2, -0.15) is 18.3 Å². The van der Waals surface area contributed by atoms with E-state index in [2.05, 4.69) is 15.1 Å². The Balaban J connectivity index is 1.80. The first kappa shape index (κ1) is 27.4. The third-order valence-corrected chi connectivity index (χ3v) is 7.37. The number of halogens is 4. The average Bonchev–Trinajstić information content (AvgIpc) is 3.47. The number of nitrogens with one attached hydrogen (secondary N) is 2. The fourth-order valence-electron chi connectivity index (χ4n) is 4.45. The summed E-state index contributed by atoms with van der Waals surface area (Å²) in [5.41, 5.74) is 6.67. The molecule has 0 unspecified atom stereocenters. The minimum Gasteiger partial charge on any atom is -0.382 e. The summed E-state index contributed by atoms with van der Waals surface area (Å²) in [4.78, 5) is 21.5. The summed E-state index contributed by atoms with van der Waals surface area (Å²) in [5.74, 6) is -0.982. The highest BCUT2D eigenvalue weighted by Gasteiger charge is 2.43. The molecule has 9 nitrogen and oxygen atoms in total. The minimum absolute atomic E-state index is 0.0854. The SMILES string of the molecule is CSN1CCN(c2cc(-c3cc(-c4ccnn4CC(F)(F)F)c(C(N)=NC=N)[nH]3)ccc2F)C(=O)C1(C)C. The van der Waals surface area contributed by atoms with Crippen LogP contribution < -0.4 is 10.6 Å². The normalized spacial score (nSPS) is 16.8. The molecule has 1 aromatic carbocycles. The van der Waals surface area contributed by atoms with Crippen molar-refractivity contribution in [1.82, 2.24) is 19.1 Å². The molecule has 1 saturated heterocycles. The van der Waals surface area contributed by atoms with Gasteiger partial charge in [-0.05, 0) is 50.4 Å². The van der Waals surface area contributed by atoms with Crippen molar-refractivity contribution in [1.29, 1.82) is 5.41 Å². The zero-order chi connectivity index (χ0) is 27.8. The predicted octanol–water partition coefficient (Wildman–Crippen LogP) is 4.26. The zero-order valence-corrected chi connectivity index (χ0v) is 21.6. The molecule has 0 atom stereocenters. The molecule has 3 heterocycles. The second-order valence-electron chi connectivity index (χ2n) is 9.07. The van der Waals surface area contributed by atoms with Crippen LogP contribution in [0.15, 0.2) is 41.5 Å². The average molecular weight is 551 g/mol. The van der Waals surface area contributed by atoms with Crippen LogP contribution >= 0.6 is 11.9 Å². The molecule has 1 aliphatic heterocycles. The van der Waals surface area contributed by atoms with Gasteiger partial charge in [-0.25, -0.2) is 13.7 Å². The maximum atomic E-state index is 15.0. The number of piperazine rings is 1. The molecule has 0 aliphatic carbocycles. The van der Waals surface area contributed by atoms with Crippen molar-refractivity contribution in [3.05, 3.63) is 48.0 Å². The number of rotatable bonds is 7. The van der Waals surface area contributed by atoms with Gasteiger partial charge in [-0.3, -0.25) is 14.9 Å². The third-order valence-electron chi connectivity index (χ3n) is 6.29. The van der Waals surface area contributed by atoms with Gasteiger partial charge in [0.2, 0.25) is 5.91 Å². The van der Waals surface area contributed by atoms with Gasteiger partial charge in [0.25, 0.3) is 0 Å². The number of benzene rings is 1. The van der Waals surface area contributed by atoms with Crippen LogP contribution in [-0.2, 0) is 11.3 Å².